The van der Waals surface area contributed by atoms with Crippen LogP contribution < -0.4 is 15.0 Å². The Balaban J connectivity index is 1.48. The molecule has 1 saturated heterocycles. The predicted molar refractivity (Wildman–Crippen MR) is 124 cm³/mol. The van der Waals surface area contributed by atoms with Crippen molar-refractivity contribution in [2.24, 2.45) is 0 Å². The molecule has 34 heavy (non-hydrogen) atoms. The number of thiazole rings is 1. The fourth-order valence-corrected chi connectivity index (χ4v) is 4.63. The molecule has 0 atom stereocenters. The van der Waals surface area contributed by atoms with Gasteiger partial charge >= 0.3 is 12.4 Å². The van der Waals surface area contributed by atoms with Gasteiger partial charge in [-0.1, -0.05) is 41.7 Å². The third kappa shape index (κ3) is 6.81. The van der Waals surface area contributed by atoms with Gasteiger partial charge in [-0.05, 0) is 24.1 Å². The number of hydrogen-bond donors (Lipinski definition) is 1. The van der Waals surface area contributed by atoms with Crippen LogP contribution in [0.25, 0.3) is 10.2 Å². The van der Waals surface area contributed by atoms with Crippen LogP contribution in [-0.4, -0.2) is 68.2 Å². The molecule has 2 aromatic carbocycles. The van der Waals surface area contributed by atoms with Crippen molar-refractivity contribution in [3.05, 3.63) is 54.1 Å². The molecule has 1 aliphatic rings. The van der Waals surface area contributed by atoms with E-state index in [1.54, 1.807) is 4.90 Å². The summed E-state index contributed by atoms with van der Waals surface area (Å²) < 4.78 is 47.7. The molecule has 3 aromatic rings. The standard InChI is InChI=1S/C23H25F3N4O3S/c24-23(25,26)33-18-6-7-19-20(16-18)34-22(28-19)30(11-10-29-12-14-32-15-13-29)21(31)27-9-8-17-4-2-1-3-5-17/h1-7,16H,8-15H2,(H,27,31). The number of anilines is 1. The summed E-state index contributed by atoms with van der Waals surface area (Å²) in [7, 11) is 0. The maximum absolute atomic E-state index is 13.1. The average molecular weight is 495 g/mol. The second-order valence-electron chi connectivity index (χ2n) is 7.75. The third-order valence-electron chi connectivity index (χ3n) is 5.33. The maximum atomic E-state index is 13.1. The number of amides is 2. The molecule has 4 rings (SSSR count). The summed E-state index contributed by atoms with van der Waals surface area (Å²) in [4.78, 5) is 21.4. The van der Waals surface area contributed by atoms with Gasteiger partial charge in [0.1, 0.15) is 5.75 Å². The van der Waals surface area contributed by atoms with Gasteiger partial charge in [-0.25, -0.2) is 9.78 Å². The number of aromatic nitrogens is 1. The molecule has 0 spiro atoms. The molecule has 1 fully saturated rings. The lowest BCUT2D eigenvalue weighted by Crippen LogP contribution is -2.46. The number of fused-ring (bicyclic) bond motifs is 1. The smallest absolute Gasteiger partial charge is 0.406 e. The van der Waals surface area contributed by atoms with Crippen LogP contribution in [0.4, 0.5) is 23.1 Å². The third-order valence-corrected chi connectivity index (χ3v) is 6.38. The Morgan fingerprint density at radius 2 is 1.94 bits per heavy atom. The van der Waals surface area contributed by atoms with E-state index in [2.05, 4.69) is 19.9 Å². The molecule has 1 N–H and O–H groups in total. The number of rotatable bonds is 8. The molecule has 0 saturated carbocycles. The van der Waals surface area contributed by atoms with Crippen molar-refractivity contribution in [3.63, 3.8) is 0 Å². The van der Waals surface area contributed by atoms with Gasteiger partial charge in [0.05, 0.1) is 23.4 Å². The fourth-order valence-electron chi connectivity index (χ4n) is 3.61. The van der Waals surface area contributed by atoms with Crippen molar-refractivity contribution in [1.82, 2.24) is 15.2 Å². The second-order valence-corrected chi connectivity index (χ2v) is 8.76. The fraction of sp³-hybridized carbons (Fsp3) is 0.391. The van der Waals surface area contributed by atoms with Crippen LogP contribution in [0, 0.1) is 0 Å². The average Bonchev–Trinajstić information content (AvgIpc) is 3.22. The molecule has 2 heterocycles. The number of alkyl halides is 3. The van der Waals surface area contributed by atoms with Crippen molar-refractivity contribution < 1.29 is 27.4 Å². The molecule has 0 unspecified atom stereocenters. The van der Waals surface area contributed by atoms with E-state index in [4.69, 9.17) is 4.74 Å². The monoisotopic (exact) mass is 494 g/mol. The number of carbonyl (C=O) groups is 1. The van der Waals surface area contributed by atoms with Crippen molar-refractivity contribution in [3.8, 4) is 5.75 Å². The highest BCUT2D eigenvalue weighted by atomic mass is 32.1. The Bertz CT molecular complexity index is 1090. The van der Waals surface area contributed by atoms with Gasteiger partial charge in [0.2, 0.25) is 0 Å². The van der Waals surface area contributed by atoms with E-state index in [1.807, 2.05) is 30.3 Å². The second kappa shape index (κ2) is 11.0. The Morgan fingerprint density at radius 1 is 1.18 bits per heavy atom. The number of benzene rings is 2. The zero-order valence-corrected chi connectivity index (χ0v) is 19.2. The Kier molecular flexibility index (Phi) is 7.86. The lowest BCUT2D eigenvalue weighted by molar-refractivity contribution is -0.274. The molecular formula is C23H25F3N4O3S. The summed E-state index contributed by atoms with van der Waals surface area (Å²) in [5.74, 6) is -0.317. The lowest BCUT2D eigenvalue weighted by atomic mass is 10.1. The molecule has 11 heteroatoms. The Morgan fingerprint density at radius 3 is 2.68 bits per heavy atom. The van der Waals surface area contributed by atoms with Gasteiger partial charge in [0.25, 0.3) is 0 Å². The summed E-state index contributed by atoms with van der Waals surface area (Å²) in [6.07, 6.45) is -4.09. The first-order chi connectivity index (χ1) is 16.4. The van der Waals surface area contributed by atoms with Crippen LogP contribution >= 0.6 is 11.3 Å². The van der Waals surface area contributed by atoms with Gasteiger partial charge in [0, 0.05) is 38.8 Å². The number of halogens is 3. The van der Waals surface area contributed by atoms with Crippen LogP contribution in [0.5, 0.6) is 5.75 Å². The van der Waals surface area contributed by atoms with Crippen molar-refractivity contribution in [2.45, 2.75) is 12.8 Å². The number of hydrogen-bond acceptors (Lipinski definition) is 6. The number of nitrogens with zero attached hydrogens (tertiary/aromatic N) is 3. The molecule has 0 radical (unpaired) electrons. The summed E-state index contributed by atoms with van der Waals surface area (Å²) >= 11 is 1.15. The maximum Gasteiger partial charge on any atom is 0.573 e. The number of carbonyl (C=O) groups excluding carboxylic acids is 1. The number of nitrogens with one attached hydrogen (secondary N) is 1. The summed E-state index contributed by atoms with van der Waals surface area (Å²) in [5, 5.41) is 3.36. The van der Waals surface area contributed by atoms with Crippen molar-refractivity contribution in [2.75, 3.05) is 50.8 Å². The van der Waals surface area contributed by atoms with E-state index in [0.717, 1.165) is 30.0 Å². The van der Waals surface area contributed by atoms with Gasteiger partial charge in [0.15, 0.2) is 5.13 Å². The molecule has 1 aromatic heterocycles. The largest absolute Gasteiger partial charge is 0.573 e. The highest BCUT2D eigenvalue weighted by Gasteiger charge is 2.31. The zero-order valence-electron chi connectivity index (χ0n) is 18.4. The van der Waals surface area contributed by atoms with E-state index >= 15 is 0 Å². The molecular weight excluding hydrogens is 469 g/mol. The first-order valence-electron chi connectivity index (χ1n) is 10.9. The highest BCUT2D eigenvalue weighted by Crippen LogP contribution is 2.33. The van der Waals surface area contributed by atoms with Crippen molar-refractivity contribution in [1.29, 1.82) is 0 Å². The predicted octanol–water partition coefficient (Wildman–Crippen LogP) is 4.29. The van der Waals surface area contributed by atoms with Crippen LogP contribution in [0.1, 0.15) is 5.56 Å². The summed E-state index contributed by atoms with van der Waals surface area (Å²) in [6.45, 7) is 4.32. The number of ether oxygens (including phenoxy) is 2. The lowest BCUT2D eigenvalue weighted by Gasteiger charge is -2.29. The minimum Gasteiger partial charge on any atom is -0.406 e. The van der Waals surface area contributed by atoms with Gasteiger partial charge in [-0.3, -0.25) is 9.80 Å². The van der Waals surface area contributed by atoms with E-state index < -0.39 is 6.36 Å². The Labute approximate surface area is 199 Å². The van der Waals surface area contributed by atoms with Gasteiger partial charge in [-0.15, -0.1) is 13.2 Å². The SMILES string of the molecule is O=C(NCCc1ccccc1)N(CCN1CCOCC1)c1nc2ccc(OC(F)(F)F)cc2s1. The number of morpholine rings is 1. The first kappa shape index (κ1) is 24.2. The first-order valence-corrected chi connectivity index (χ1v) is 11.7. The van der Waals surface area contributed by atoms with Crippen LogP contribution in [0.15, 0.2) is 48.5 Å². The quantitative estimate of drug-likeness (QED) is 0.506. The van der Waals surface area contributed by atoms with Crippen LogP contribution in [0.2, 0.25) is 0 Å². The molecule has 0 aliphatic carbocycles. The minimum absolute atomic E-state index is 0.296. The van der Waals surface area contributed by atoms with Crippen molar-refractivity contribution >= 4 is 32.7 Å². The van der Waals surface area contributed by atoms with E-state index in [9.17, 15) is 18.0 Å². The van der Waals surface area contributed by atoms with E-state index in [1.165, 1.54) is 18.2 Å². The number of urea groups is 1. The van der Waals surface area contributed by atoms with Crippen LogP contribution in [-0.2, 0) is 11.2 Å². The highest BCUT2D eigenvalue weighted by molar-refractivity contribution is 7.22. The zero-order chi connectivity index (χ0) is 24.0. The Hall–Kier alpha value is -2.89. The van der Waals surface area contributed by atoms with E-state index in [-0.39, 0.29) is 11.8 Å². The van der Waals surface area contributed by atoms with E-state index in [0.29, 0.717) is 54.6 Å². The van der Waals surface area contributed by atoms with Crippen LogP contribution in [0.3, 0.4) is 0 Å². The molecule has 182 valence electrons. The summed E-state index contributed by atoms with van der Waals surface area (Å²) in [6, 6.07) is 13.5. The molecule has 2 amide bonds. The molecule has 0 bridgehead atoms. The minimum atomic E-state index is -4.77. The topological polar surface area (TPSA) is 66.9 Å². The molecule has 1 aliphatic heterocycles. The van der Waals surface area contributed by atoms with Gasteiger partial charge < -0.3 is 14.8 Å². The normalized spacial score (nSPS) is 14.8. The summed E-state index contributed by atoms with van der Waals surface area (Å²) in [5.41, 5.74) is 1.61. The molecule has 7 nitrogen and oxygen atoms in total. The van der Waals surface area contributed by atoms with Gasteiger partial charge in [-0.2, -0.15) is 0 Å².